The number of hydrogen-bond donors (Lipinski definition) is 0. The van der Waals surface area contributed by atoms with Crippen molar-refractivity contribution in [1.82, 2.24) is 9.78 Å². The number of benzene rings is 1. The van der Waals surface area contributed by atoms with E-state index in [9.17, 15) is 4.91 Å². The highest BCUT2D eigenvalue weighted by molar-refractivity contribution is 9.10. The standard InChI is InChI=1S/C15H17BrN3O3/c1-21-19(20)15-10-11(16)2-3-13(15)14-4-7-17-18(14)12-5-8-22-9-6-12/h2-4,7,10,12H,5-6,8-9H2,1H3/q+1. The van der Waals surface area contributed by atoms with E-state index in [-0.39, 0.29) is 6.04 Å². The molecule has 0 N–H and O–H groups in total. The molecule has 0 spiro atoms. The smallest absolute Gasteiger partial charge is 0.327 e. The van der Waals surface area contributed by atoms with E-state index in [2.05, 4.69) is 21.0 Å². The van der Waals surface area contributed by atoms with Crippen molar-refractivity contribution in [3.63, 3.8) is 0 Å². The van der Waals surface area contributed by atoms with Crippen LogP contribution in [0.25, 0.3) is 11.3 Å². The van der Waals surface area contributed by atoms with E-state index < -0.39 is 0 Å². The summed E-state index contributed by atoms with van der Waals surface area (Å²) >= 11 is 3.39. The Bertz CT molecular complexity index is 680. The molecular weight excluding hydrogens is 350 g/mol. The van der Waals surface area contributed by atoms with Crippen LogP contribution in [0.5, 0.6) is 0 Å². The van der Waals surface area contributed by atoms with Crippen molar-refractivity contribution in [2.45, 2.75) is 18.9 Å². The maximum Gasteiger partial charge on any atom is 0.327 e. The molecule has 0 unspecified atom stereocenters. The molecule has 22 heavy (non-hydrogen) atoms. The van der Waals surface area contributed by atoms with E-state index in [4.69, 9.17) is 9.57 Å². The zero-order valence-corrected chi connectivity index (χ0v) is 13.8. The lowest BCUT2D eigenvalue weighted by Crippen LogP contribution is -2.21. The van der Waals surface area contributed by atoms with E-state index in [1.165, 1.54) is 7.11 Å². The molecule has 0 saturated carbocycles. The third kappa shape index (κ3) is 2.91. The molecule has 1 aliphatic heterocycles. The van der Waals surface area contributed by atoms with Gasteiger partial charge in [-0.1, -0.05) is 15.9 Å². The van der Waals surface area contributed by atoms with Crippen molar-refractivity contribution >= 4 is 21.6 Å². The van der Waals surface area contributed by atoms with Gasteiger partial charge >= 0.3 is 5.69 Å². The summed E-state index contributed by atoms with van der Waals surface area (Å²) in [5.41, 5.74) is 2.15. The zero-order valence-electron chi connectivity index (χ0n) is 12.2. The summed E-state index contributed by atoms with van der Waals surface area (Å²) in [6.45, 7) is 1.48. The summed E-state index contributed by atoms with van der Waals surface area (Å²) in [7, 11) is 1.35. The molecule has 7 heteroatoms. The first-order valence-electron chi connectivity index (χ1n) is 7.13. The number of aromatic nitrogens is 2. The number of nitrogens with zero attached hydrogens (tertiary/aromatic N) is 3. The van der Waals surface area contributed by atoms with Crippen LogP contribution in [0.2, 0.25) is 0 Å². The van der Waals surface area contributed by atoms with Crippen LogP contribution in [0.3, 0.4) is 0 Å². The van der Waals surface area contributed by atoms with Crippen molar-refractivity contribution in [1.29, 1.82) is 0 Å². The minimum Gasteiger partial charge on any atom is -0.381 e. The van der Waals surface area contributed by atoms with Gasteiger partial charge in [-0.15, -0.1) is 0 Å². The van der Waals surface area contributed by atoms with Gasteiger partial charge in [-0.3, -0.25) is 4.68 Å². The summed E-state index contributed by atoms with van der Waals surface area (Å²) in [4.78, 5) is 17.3. The van der Waals surface area contributed by atoms with Crippen molar-refractivity contribution < 1.29 is 14.5 Å². The topological polar surface area (TPSA) is 56.4 Å². The van der Waals surface area contributed by atoms with Gasteiger partial charge in [0.25, 0.3) is 4.92 Å². The molecule has 0 atom stereocenters. The summed E-state index contributed by atoms with van der Waals surface area (Å²) in [6.07, 6.45) is 3.61. The Morgan fingerprint density at radius 1 is 1.36 bits per heavy atom. The summed E-state index contributed by atoms with van der Waals surface area (Å²) in [5, 5.41) is 4.45. The fraction of sp³-hybridized carbons (Fsp3) is 0.400. The number of hydrogen-bond acceptors (Lipinski definition) is 4. The summed E-state index contributed by atoms with van der Waals surface area (Å²) in [6, 6.07) is 7.76. The molecule has 2 heterocycles. The molecular formula is C15H17BrN3O3+. The molecule has 3 rings (SSSR count). The lowest BCUT2D eigenvalue weighted by atomic mass is 10.1. The average molecular weight is 367 g/mol. The first-order valence-corrected chi connectivity index (χ1v) is 7.92. The van der Waals surface area contributed by atoms with Crippen LogP contribution >= 0.6 is 15.9 Å². The van der Waals surface area contributed by atoms with Gasteiger partial charge in [0.15, 0.2) is 7.11 Å². The molecule has 2 aromatic rings. The Morgan fingerprint density at radius 2 is 2.14 bits per heavy atom. The predicted molar refractivity (Wildman–Crippen MR) is 84.7 cm³/mol. The zero-order chi connectivity index (χ0) is 15.5. The first kappa shape index (κ1) is 15.2. The second kappa shape index (κ2) is 6.58. The molecule has 1 aromatic heterocycles. The van der Waals surface area contributed by atoms with Crippen LogP contribution in [0, 0.1) is 4.91 Å². The largest absolute Gasteiger partial charge is 0.381 e. The fourth-order valence-electron chi connectivity index (χ4n) is 2.72. The minimum atomic E-state index is 0.290. The number of rotatable bonds is 4. The summed E-state index contributed by atoms with van der Waals surface area (Å²) in [5.74, 6) is 0. The van der Waals surface area contributed by atoms with Crippen LogP contribution in [-0.2, 0) is 9.57 Å². The molecule has 0 amide bonds. The summed E-state index contributed by atoms with van der Waals surface area (Å²) < 4.78 is 8.22. The minimum absolute atomic E-state index is 0.290. The van der Waals surface area contributed by atoms with Gasteiger partial charge in [0.2, 0.25) is 0 Å². The van der Waals surface area contributed by atoms with Crippen molar-refractivity contribution in [2.75, 3.05) is 20.3 Å². The van der Waals surface area contributed by atoms with Gasteiger partial charge in [0.05, 0.1) is 22.2 Å². The van der Waals surface area contributed by atoms with Crippen LogP contribution in [0.1, 0.15) is 18.9 Å². The van der Waals surface area contributed by atoms with Crippen LogP contribution < -0.4 is 0 Å². The Morgan fingerprint density at radius 3 is 2.86 bits per heavy atom. The number of ether oxygens (including phenoxy) is 1. The fourth-order valence-corrected chi connectivity index (χ4v) is 3.07. The van der Waals surface area contributed by atoms with Gasteiger partial charge in [0.1, 0.15) is 0 Å². The molecule has 0 bridgehead atoms. The van der Waals surface area contributed by atoms with E-state index in [1.807, 2.05) is 22.9 Å². The van der Waals surface area contributed by atoms with Gasteiger partial charge in [-0.2, -0.15) is 5.10 Å². The molecule has 116 valence electrons. The highest BCUT2D eigenvalue weighted by atomic mass is 79.9. The van der Waals surface area contributed by atoms with E-state index in [0.29, 0.717) is 10.6 Å². The average Bonchev–Trinajstić information content (AvgIpc) is 3.04. The maximum atomic E-state index is 12.0. The molecule has 1 saturated heterocycles. The second-order valence-electron chi connectivity index (χ2n) is 5.11. The highest BCUT2D eigenvalue weighted by Crippen LogP contribution is 2.35. The molecule has 1 aliphatic rings. The van der Waals surface area contributed by atoms with Crippen molar-refractivity contribution in [3.05, 3.63) is 39.8 Å². The Kier molecular flexibility index (Phi) is 4.54. The predicted octanol–water partition coefficient (Wildman–Crippen LogP) is 3.64. The van der Waals surface area contributed by atoms with Gasteiger partial charge in [-0.05, 0) is 31.0 Å². The lowest BCUT2D eigenvalue weighted by Gasteiger charge is -2.24. The second-order valence-corrected chi connectivity index (χ2v) is 6.02. The lowest BCUT2D eigenvalue weighted by molar-refractivity contribution is -0.736. The molecule has 0 radical (unpaired) electrons. The van der Waals surface area contributed by atoms with Crippen molar-refractivity contribution in [3.8, 4) is 11.3 Å². The van der Waals surface area contributed by atoms with Crippen LogP contribution in [0.15, 0.2) is 34.9 Å². The first-order chi connectivity index (χ1) is 10.7. The Balaban J connectivity index is 2.05. The third-order valence-electron chi connectivity index (χ3n) is 3.81. The van der Waals surface area contributed by atoms with Gasteiger partial charge in [-0.25, -0.2) is 4.84 Å². The Labute approximate surface area is 136 Å². The monoisotopic (exact) mass is 366 g/mol. The highest BCUT2D eigenvalue weighted by Gasteiger charge is 2.27. The maximum absolute atomic E-state index is 12.0. The third-order valence-corrected chi connectivity index (χ3v) is 4.30. The van der Waals surface area contributed by atoms with Crippen LogP contribution in [-0.4, -0.2) is 35.0 Å². The van der Waals surface area contributed by atoms with Crippen LogP contribution in [0.4, 0.5) is 5.69 Å². The van der Waals surface area contributed by atoms with Gasteiger partial charge in [0, 0.05) is 29.9 Å². The van der Waals surface area contributed by atoms with E-state index >= 15 is 0 Å². The molecule has 0 aliphatic carbocycles. The SMILES string of the molecule is CO[N+](=O)c1cc(Br)ccc1-c1ccnn1C1CCOCC1. The Hall–Kier alpha value is -1.73. The van der Waals surface area contributed by atoms with Gasteiger partial charge < -0.3 is 4.74 Å². The quantitative estimate of drug-likeness (QED) is 0.775. The molecule has 1 fully saturated rings. The van der Waals surface area contributed by atoms with Crippen molar-refractivity contribution in [2.24, 2.45) is 0 Å². The van der Waals surface area contributed by atoms with E-state index in [1.54, 1.807) is 12.3 Å². The number of halogens is 1. The molecule has 1 aromatic carbocycles. The van der Waals surface area contributed by atoms with E-state index in [0.717, 1.165) is 41.8 Å². The normalized spacial score (nSPS) is 15.7. The molecule has 6 nitrogen and oxygen atoms in total.